The average molecular weight is 247 g/mol. The molecule has 0 fully saturated rings. The highest BCUT2D eigenvalue weighted by Gasteiger charge is 2.17. The van der Waals surface area contributed by atoms with Gasteiger partial charge in [0.25, 0.3) is 5.91 Å². The molecule has 2 aromatic rings. The molecular weight excluding hydrogens is 230 g/mol. The number of carbonyl (C=O) groups is 1. The first kappa shape index (κ1) is 12.4. The van der Waals surface area contributed by atoms with Gasteiger partial charge in [0.05, 0.1) is 11.1 Å². The first-order chi connectivity index (χ1) is 8.50. The van der Waals surface area contributed by atoms with Gasteiger partial charge in [0.1, 0.15) is 5.75 Å². The van der Waals surface area contributed by atoms with Crippen LogP contribution >= 0.6 is 0 Å². The third-order valence-corrected chi connectivity index (χ3v) is 2.81. The molecule has 1 atom stereocenters. The number of phenolic OH excluding ortho intramolecular Hbond substituents is 1. The SMILES string of the molecule is Cc1[nH]c2c(O)cccc2c1C(=O)NCC(C)N. The first-order valence-electron chi connectivity index (χ1n) is 5.84. The zero-order chi connectivity index (χ0) is 13.3. The molecule has 0 spiro atoms. The second kappa shape index (κ2) is 4.70. The minimum atomic E-state index is -0.179. The molecular formula is C13H17N3O2. The average Bonchev–Trinajstić information content (AvgIpc) is 2.64. The largest absolute Gasteiger partial charge is 0.506 e. The van der Waals surface area contributed by atoms with E-state index in [9.17, 15) is 9.90 Å². The molecule has 18 heavy (non-hydrogen) atoms. The van der Waals surface area contributed by atoms with Crippen LogP contribution < -0.4 is 11.1 Å². The quantitative estimate of drug-likeness (QED) is 0.658. The number of phenols is 1. The molecule has 5 nitrogen and oxygen atoms in total. The van der Waals surface area contributed by atoms with Crippen LogP contribution in [0, 0.1) is 6.92 Å². The lowest BCUT2D eigenvalue weighted by Gasteiger charge is -2.07. The molecule has 1 aromatic heterocycles. The van der Waals surface area contributed by atoms with E-state index in [1.54, 1.807) is 25.1 Å². The third-order valence-electron chi connectivity index (χ3n) is 2.81. The number of nitrogens with one attached hydrogen (secondary N) is 2. The van der Waals surface area contributed by atoms with Gasteiger partial charge in [-0.2, -0.15) is 0 Å². The Balaban J connectivity index is 2.41. The summed E-state index contributed by atoms with van der Waals surface area (Å²) in [6.07, 6.45) is 0. The summed E-state index contributed by atoms with van der Waals surface area (Å²) in [5, 5.41) is 13.2. The highest BCUT2D eigenvalue weighted by Crippen LogP contribution is 2.28. The summed E-state index contributed by atoms with van der Waals surface area (Å²) in [6.45, 7) is 4.05. The summed E-state index contributed by atoms with van der Waals surface area (Å²) >= 11 is 0. The monoisotopic (exact) mass is 247 g/mol. The van der Waals surface area contributed by atoms with Crippen molar-refractivity contribution < 1.29 is 9.90 Å². The van der Waals surface area contributed by atoms with Gasteiger partial charge in [-0.3, -0.25) is 4.79 Å². The molecule has 1 amide bonds. The zero-order valence-corrected chi connectivity index (χ0v) is 10.4. The molecule has 0 bridgehead atoms. The lowest BCUT2D eigenvalue weighted by atomic mass is 10.1. The number of aromatic nitrogens is 1. The Bertz CT molecular complexity index is 587. The summed E-state index contributed by atoms with van der Waals surface area (Å²) in [5.41, 5.74) is 7.48. The van der Waals surface area contributed by atoms with Gasteiger partial charge in [-0.1, -0.05) is 12.1 Å². The van der Waals surface area contributed by atoms with Crippen LogP contribution in [-0.2, 0) is 0 Å². The number of rotatable bonds is 3. The molecule has 2 rings (SSSR count). The number of aryl methyl sites for hydroxylation is 1. The van der Waals surface area contributed by atoms with E-state index in [-0.39, 0.29) is 17.7 Å². The number of para-hydroxylation sites is 1. The Morgan fingerprint density at radius 3 is 2.94 bits per heavy atom. The Morgan fingerprint density at radius 1 is 1.56 bits per heavy atom. The predicted molar refractivity (Wildman–Crippen MR) is 70.7 cm³/mol. The predicted octanol–water partition coefficient (Wildman–Crippen LogP) is 1.26. The first-order valence-corrected chi connectivity index (χ1v) is 5.84. The lowest BCUT2D eigenvalue weighted by Crippen LogP contribution is -2.35. The van der Waals surface area contributed by atoms with Crippen LogP contribution in [0.5, 0.6) is 5.75 Å². The number of hydrogen-bond acceptors (Lipinski definition) is 3. The van der Waals surface area contributed by atoms with Crippen LogP contribution in [0.1, 0.15) is 23.0 Å². The zero-order valence-electron chi connectivity index (χ0n) is 10.4. The number of benzene rings is 1. The van der Waals surface area contributed by atoms with Crippen molar-refractivity contribution in [2.75, 3.05) is 6.54 Å². The Kier molecular flexibility index (Phi) is 3.25. The second-order valence-electron chi connectivity index (χ2n) is 4.51. The fourth-order valence-corrected chi connectivity index (χ4v) is 1.97. The molecule has 96 valence electrons. The Labute approximate surface area is 105 Å². The molecule has 5 heteroatoms. The fourth-order valence-electron chi connectivity index (χ4n) is 1.97. The molecule has 1 unspecified atom stereocenters. The van der Waals surface area contributed by atoms with Crippen molar-refractivity contribution >= 4 is 16.8 Å². The molecule has 5 N–H and O–H groups in total. The lowest BCUT2D eigenvalue weighted by molar-refractivity contribution is 0.0953. The summed E-state index contributed by atoms with van der Waals surface area (Å²) in [7, 11) is 0. The van der Waals surface area contributed by atoms with Crippen LogP contribution in [0.3, 0.4) is 0 Å². The topological polar surface area (TPSA) is 91.1 Å². The molecule has 0 aliphatic heterocycles. The van der Waals surface area contributed by atoms with Crippen molar-refractivity contribution in [3.63, 3.8) is 0 Å². The van der Waals surface area contributed by atoms with Gasteiger partial charge >= 0.3 is 0 Å². The van der Waals surface area contributed by atoms with Crippen LogP contribution in [0.25, 0.3) is 10.9 Å². The highest BCUT2D eigenvalue weighted by molar-refractivity contribution is 6.09. The van der Waals surface area contributed by atoms with Crippen molar-refractivity contribution in [3.05, 3.63) is 29.5 Å². The number of nitrogens with two attached hydrogens (primary N) is 1. The molecule has 1 heterocycles. The van der Waals surface area contributed by atoms with E-state index >= 15 is 0 Å². The van der Waals surface area contributed by atoms with Crippen molar-refractivity contribution in [2.45, 2.75) is 19.9 Å². The van der Waals surface area contributed by atoms with Crippen LogP contribution in [0.2, 0.25) is 0 Å². The van der Waals surface area contributed by atoms with Crippen molar-refractivity contribution in [3.8, 4) is 5.75 Å². The van der Waals surface area contributed by atoms with E-state index in [1.165, 1.54) is 0 Å². The molecule has 0 radical (unpaired) electrons. The van der Waals surface area contributed by atoms with E-state index in [4.69, 9.17) is 5.73 Å². The fraction of sp³-hybridized carbons (Fsp3) is 0.308. The van der Waals surface area contributed by atoms with Crippen LogP contribution in [0.4, 0.5) is 0 Å². The maximum atomic E-state index is 12.1. The standard InChI is InChI=1S/C13H17N3O2/c1-7(14)6-15-13(18)11-8(2)16-12-9(11)4-3-5-10(12)17/h3-5,7,16-17H,6,14H2,1-2H3,(H,15,18). The highest BCUT2D eigenvalue weighted by atomic mass is 16.3. The van der Waals surface area contributed by atoms with Crippen LogP contribution in [-0.4, -0.2) is 28.6 Å². The number of aromatic hydroxyl groups is 1. The minimum absolute atomic E-state index is 0.0899. The molecule has 0 aliphatic rings. The maximum Gasteiger partial charge on any atom is 0.253 e. The van der Waals surface area contributed by atoms with Crippen molar-refractivity contribution in [2.24, 2.45) is 5.73 Å². The van der Waals surface area contributed by atoms with Gasteiger partial charge in [0.2, 0.25) is 0 Å². The maximum absolute atomic E-state index is 12.1. The van der Waals surface area contributed by atoms with Gasteiger partial charge in [0.15, 0.2) is 0 Å². The number of aromatic amines is 1. The van der Waals surface area contributed by atoms with E-state index in [1.807, 2.05) is 6.92 Å². The number of H-pyrrole nitrogens is 1. The summed E-state index contributed by atoms with van der Waals surface area (Å²) in [5.74, 6) is -0.0384. The van der Waals surface area contributed by atoms with Crippen molar-refractivity contribution in [1.82, 2.24) is 10.3 Å². The van der Waals surface area contributed by atoms with E-state index in [0.29, 0.717) is 17.6 Å². The normalized spacial score (nSPS) is 12.6. The minimum Gasteiger partial charge on any atom is -0.506 e. The van der Waals surface area contributed by atoms with Gasteiger partial charge in [0, 0.05) is 23.7 Å². The summed E-state index contributed by atoms with van der Waals surface area (Å²) < 4.78 is 0. The summed E-state index contributed by atoms with van der Waals surface area (Å²) in [4.78, 5) is 15.1. The Morgan fingerprint density at radius 2 is 2.28 bits per heavy atom. The number of carbonyl (C=O) groups excluding carboxylic acids is 1. The number of amides is 1. The van der Waals surface area contributed by atoms with Crippen LogP contribution in [0.15, 0.2) is 18.2 Å². The van der Waals surface area contributed by atoms with Gasteiger partial charge in [-0.05, 0) is 19.9 Å². The van der Waals surface area contributed by atoms with E-state index in [0.717, 1.165) is 11.1 Å². The number of fused-ring (bicyclic) bond motifs is 1. The Hall–Kier alpha value is -2.01. The van der Waals surface area contributed by atoms with Gasteiger partial charge in [-0.15, -0.1) is 0 Å². The molecule has 0 aliphatic carbocycles. The van der Waals surface area contributed by atoms with E-state index < -0.39 is 0 Å². The van der Waals surface area contributed by atoms with Gasteiger partial charge in [-0.25, -0.2) is 0 Å². The number of hydrogen-bond donors (Lipinski definition) is 4. The third kappa shape index (κ3) is 2.17. The van der Waals surface area contributed by atoms with E-state index in [2.05, 4.69) is 10.3 Å². The summed E-state index contributed by atoms with van der Waals surface area (Å²) in [6, 6.07) is 5.02. The molecule has 0 saturated heterocycles. The molecule has 1 aromatic carbocycles. The van der Waals surface area contributed by atoms with Crippen molar-refractivity contribution in [1.29, 1.82) is 0 Å². The second-order valence-corrected chi connectivity index (χ2v) is 4.51. The molecule has 0 saturated carbocycles. The smallest absolute Gasteiger partial charge is 0.253 e. The van der Waals surface area contributed by atoms with Gasteiger partial charge < -0.3 is 21.1 Å².